The largest absolute Gasteiger partial charge is 1.00 e. The van der Waals surface area contributed by atoms with Crippen molar-refractivity contribution >= 4 is 0 Å². The molecule has 5 heavy (non-hydrogen) atoms. The summed E-state index contributed by atoms with van der Waals surface area (Å²) in [5, 5.41) is 6.25. The van der Waals surface area contributed by atoms with Crippen LogP contribution in [0.25, 0.3) is 0 Å². The summed E-state index contributed by atoms with van der Waals surface area (Å²) in [6.07, 6.45) is 0. The van der Waals surface area contributed by atoms with Gasteiger partial charge in [-0.1, -0.05) is 0 Å². The molecular weight excluding hydrogens is 81.0 g/mol. The van der Waals surface area contributed by atoms with Gasteiger partial charge in [0.25, 0.3) is 0 Å². The van der Waals surface area contributed by atoms with E-state index in [4.69, 9.17) is 11.8 Å². The van der Waals surface area contributed by atoms with E-state index in [1.165, 1.54) is 0 Å². The van der Waals surface area contributed by atoms with Crippen molar-refractivity contribution in [3.8, 4) is 0 Å². The van der Waals surface area contributed by atoms with Gasteiger partial charge >= 0.3 is 29.6 Å². The molecule has 0 radical (unpaired) electrons. The second-order valence-corrected chi connectivity index (χ2v) is 0. The van der Waals surface area contributed by atoms with Crippen LogP contribution in [0.1, 0.15) is 0 Å². The minimum absolute atomic E-state index is 0. The molecule has 0 aromatic rings. The summed E-state index contributed by atoms with van der Waals surface area (Å²) in [5.41, 5.74) is 0. The zero-order valence-corrected chi connectivity index (χ0v) is 4.95. The van der Waals surface area contributed by atoms with Crippen molar-refractivity contribution in [1.82, 2.24) is 0 Å². The Hall–Kier alpha value is 0.410. The monoisotopic (exact) mass is 85.0 g/mol. The summed E-state index contributed by atoms with van der Waals surface area (Å²) in [7, 11) is 0. The fourth-order valence-corrected chi connectivity index (χ4v) is 0. The minimum Gasteiger partial charge on any atom is -0.512 e. The Bertz CT molecular complexity index is 14.4. The van der Waals surface area contributed by atoms with Crippen LogP contribution in [0.15, 0.2) is 0 Å². The van der Waals surface area contributed by atoms with Crippen LogP contribution in [-0.2, 0) is 0 Å². The van der Waals surface area contributed by atoms with Crippen molar-refractivity contribution in [3.63, 3.8) is 0 Å². The molecule has 0 aliphatic rings. The maximum absolute atomic E-state index is 6.25. The average Bonchev–Trinajstić information content (AvgIpc) is 1.00. The molecule has 0 atom stereocenters. The van der Waals surface area contributed by atoms with Crippen molar-refractivity contribution in [3.05, 3.63) is 6.57 Å². The van der Waals surface area contributed by atoms with E-state index in [0.29, 0.717) is 0 Å². The van der Waals surface area contributed by atoms with Crippen molar-refractivity contribution in [2.75, 3.05) is 0 Å². The predicted octanol–water partition coefficient (Wildman–Crippen LogP) is -4.55. The number of nitrogens with zero attached hydrogens (tertiary/aromatic N) is 1. The molecule has 3 nitrogen and oxygen atoms in total. The molecule has 0 saturated carbocycles. The number of hydrogen-bond acceptors (Lipinski definition) is 1. The molecule has 0 amide bonds. The molecule has 0 unspecified atom stereocenters. The van der Waals surface area contributed by atoms with E-state index in [0.717, 1.165) is 0 Å². The molecule has 4 heteroatoms. The van der Waals surface area contributed by atoms with E-state index < -0.39 is 0 Å². The van der Waals surface area contributed by atoms with Gasteiger partial charge in [0, 0.05) is 0 Å². The maximum Gasteiger partial charge on any atom is 1.00 e. The van der Waals surface area contributed by atoms with Gasteiger partial charge in [-0.3, -0.25) is 0 Å². The van der Waals surface area contributed by atoms with Gasteiger partial charge in [0.05, 0.1) is 0 Å². The van der Waals surface area contributed by atoms with Crippen molar-refractivity contribution < 1.29 is 40.5 Å². The molecule has 0 spiro atoms. The second-order valence-electron chi connectivity index (χ2n) is 0. The molecule has 0 fully saturated rings. The first-order chi connectivity index (χ1) is 1.00. The minimum atomic E-state index is 0. The van der Waals surface area contributed by atoms with Gasteiger partial charge in [-0.15, -0.1) is 0 Å². The van der Waals surface area contributed by atoms with Crippen LogP contribution in [0.4, 0.5) is 0 Å². The molecule has 0 saturated heterocycles. The third-order valence-electron chi connectivity index (χ3n) is 0. The normalized spacial score (nSPS) is 0.400. The summed E-state index contributed by atoms with van der Waals surface area (Å²) < 4.78 is 0. The smallest absolute Gasteiger partial charge is 0.512 e. The maximum atomic E-state index is 6.25. The van der Waals surface area contributed by atoms with Gasteiger partial charge in [-0.05, 0) is 0 Å². The Labute approximate surface area is 52.5 Å². The van der Waals surface area contributed by atoms with Gasteiger partial charge < -0.3 is 22.8 Å². The van der Waals surface area contributed by atoms with Crippen LogP contribution in [0.5, 0.6) is 0 Å². The van der Waals surface area contributed by atoms with Gasteiger partial charge in [-0.2, -0.15) is 0 Å². The molecule has 0 bridgehead atoms. The first-order valence-electron chi connectivity index (χ1n) is 0.224. The topological polar surface area (TPSA) is 86.8 Å². The van der Waals surface area contributed by atoms with Crippen LogP contribution in [0, 0.1) is 11.8 Å². The Morgan fingerprint density at radius 1 is 1.00 bits per heavy atom. The quantitative estimate of drug-likeness (QED) is 0.215. The first-order valence-corrected chi connectivity index (χ1v) is 0.224. The second kappa shape index (κ2) is 305. The van der Waals surface area contributed by atoms with Gasteiger partial charge in [0.1, 0.15) is 0 Å². The fraction of sp³-hybridized carbons (Fsp3) is 0. The summed E-state index contributed by atoms with van der Waals surface area (Å²) >= 11 is 0. The Morgan fingerprint density at radius 2 is 1.00 bits per heavy atom. The van der Waals surface area contributed by atoms with Crippen LogP contribution in [0.3, 0.4) is 0 Å². The zero-order chi connectivity index (χ0) is 2.00. The van der Waals surface area contributed by atoms with Crippen LogP contribution < -0.4 is 29.6 Å². The van der Waals surface area contributed by atoms with Crippen LogP contribution in [-0.4, -0.2) is 11.0 Å². The summed E-state index contributed by atoms with van der Waals surface area (Å²) in [6, 6.07) is 0. The van der Waals surface area contributed by atoms with E-state index in [-0.39, 0.29) is 40.5 Å². The summed E-state index contributed by atoms with van der Waals surface area (Å²) in [5.74, 6) is 0. The summed E-state index contributed by atoms with van der Waals surface area (Å²) in [4.78, 5) is 0. The molecule has 0 aliphatic heterocycles. The zero-order valence-electron chi connectivity index (χ0n) is 2.95. The molecule has 0 aromatic carbocycles. The molecule has 4 N–H and O–H groups in total. The fourth-order valence-electron chi connectivity index (χ4n) is 0. The Balaban J connectivity index is -0.00000000167. The molecule has 0 aromatic heterocycles. The average molecular weight is 85.0 g/mol. The van der Waals surface area contributed by atoms with E-state index in [9.17, 15) is 0 Å². The van der Waals surface area contributed by atoms with Crippen LogP contribution >= 0.6 is 0 Å². The Morgan fingerprint density at radius 3 is 1.00 bits per heavy atom. The van der Waals surface area contributed by atoms with E-state index in [2.05, 4.69) is 0 Å². The van der Waals surface area contributed by atoms with E-state index in [1.807, 2.05) is 0 Å². The third kappa shape index (κ3) is 152. The first kappa shape index (κ1) is 52.9. The molecule has 0 rings (SSSR count). The van der Waals surface area contributed by atoms with Gasteiger partial charge in [0.2, 0.25) is 0 Å². The number of rotatable bonds is 0. The third-order valence-corrected chi connectivity index (χ3v) is 0. The standard InChI is InChI=1S/CN.Na.2H2O/c1-2;;;/h;;2*1H2/q-1;+1;;. The van der Waals surface area contributed by atoms with Crippen molar-refractivity contribution in [2.24, 2.45) is 0 Å². The van der Waals surface area contributed by atoms with Crippen molar-refractivity contribution in [2.45, 2.75) is 0 Å². The molecule has 0 aliphatic carbocycles. The van der Waals surface area contributed by atoms with Crippen molar-refractivity contribution in [1.29, 1.82) is 5.26 Å². The Kier molecular flexibility index (Phi) is 3230. The summed E-state index contributed by atoms with van der Waals surface area (Å²) in [6.45, 7) is 4.75. The van der Waals surface area contributed by atoms with Gasteiger partial charge in [0.15, 0.2) is 0 Å². The van der Waals surface area contributed by atoms with Gasteiger partial charge in [-0.25, -0.2) is 0 Å². The van der Waals surface area contributed by atoms with Crippen LogP contribution in [0.2, 0.25) is 0 Å². The predicted molar refractivity (Wildman–Crippen MR) is 12.2 cm³/mol. The molecular formula is CH4NNaO2. The van der Waals surface area contributed by atoms with E-state index in [1.54, 1.807) is 0 Å². The SMILES string of the molecule is O.O.[C-]#N.[Na+]. The van der Waals surface area contributed by atoms with E-state index >= 15 is 0 Å². The number of hydrogen-bond donors (Lipinski definition) is 0. The molecule has 26 valence electrons. The molecule has 0 heterocycles.